The van der Waals surface area contributed by atoms with Gasteiger partial charge in [-0.3, -0.25) is 9.88 Å². The van der Waals surface area contributed by atoms with E-state index in [9.17, 15) is 5.11 Å². The summed E-state index contributed by atoms with van der Waals surface area (Å²) < 4.78 is 6.06. The fourth-order valence-corrected chi connectivity index (χ4v) is 3.37. The highest BCUT2D eigenvalue weighted by molar-refractivity contribution is 5.45. The van der Waals surface area contributed by atoms with Crippen molar-refractivity contribution in [3.05, 3.63) is 24.0 Å². The third-order valence-corrected chi connectivity index (χ3v) is 5.26. The van der Waals surface area contributed by atoms with Crippen LogP contribution in [0, 0.1) is 0 Å². The van der Waals surface area contributed by atoms with Gasteiger partial charge in [0.1, 0.15) is 0 Å². The lowest BCUT2D eigenvalue weighted by molar-refractivity contribution is -0.121. The first-order valence-corrected chi connectivity index (χ1v) is 8.63. The molecule has 2 aliphatic heterocycles. The Morgan fingerprint density at radius 2 is 2.00 bits per heavy atom. The van der Waals surface area contributed by atoms with Gasteiger partial charge in [0.15, 0.2) is 0 Å². The smallest absolute Gasteiger partial charge is 0.0928 e. The normalized spacial score (nSPS) is 24.1. The SMILES string of the molecule is CC(C)c1ccc(N2CCOC(C(C)(C)N3CC(O)C3)C2)cn1. The van der Waals surface area contributed by atoms with E-state index in [2.05, 4.69) is 54.6 Å². The summed E-state index contributed by atoms with van der Waals surface area (Å²) in [6.07, 6.45) is 1.94. The molecule has 2 fully saturated rings. The minimum atomic E-state index is -0.179. The van der Waals surface area contributed by atoms with Crippen LogP contribution in [0.5, 0.6) is 0 Å². The molecule has 1 N–H and O–H groups in total. The number of β-amino-alcohol motifs (C(OH)–C–C–N with tert-alkyl or cyclic N) is 1. The summed E-state index contributed by atoms with van der Waals surface area (Å²) in [5.41, 5.74) is 2.24. The monoisotopic (exact) mass is 319 g/mol. The number of hydrogen-bond acceptors (Lipinski definition) is 5. The number of anilines is 1. The summed E-state index contributed by atoms with van der Waals surface area (Å²) in [7, 11) is 0. The van der Waals surface area contributed by atoms with Crippen LogP contribution in [0.15, 0.2) is 18.3 Å². The number of aliphatic hydroxyl groups excluding tert-OH is 1. The van der Waals surface area contributed by atoms with Crippen molar-refractivity contribution in [1.82, 2.24) is 9.88 Å². The molecule has 0 aromatic carbocycles. The zero-order valence-electron chi connectivity index (χ0n) is 14.7. The number of pyridine rings is 1. The molecule has 1 atom stereocenters. The lowest BCUT2D eigenvalue weighted by Gasteiger charge is -2.52. The predicted octanol–water partition coefficient (Wildman–Crippen LogP) is 1.87. The maximum Gasteiger partial charge on any atom is 0.0928 e. The average Bonchev–Trinajstić information content (AvgIpc) is 2.52. The lowest BCUT2D eigenvalue weighted by atomic mass is 9.89. The second kappa shape index (κ2) is 6.38. The Morgan fingerprint density at radius 3 is 2.57 bits per heavy atom. The Labute approximate surface area is 139 Å². The maximum absolute atomic E-state index is 9.58. The van der Waals surface area contributed by atoms with E-state index < -0.39 is 0 Å². The van der Waals surface area contributed by atoms with Crippen LogP contribution in [-0.4, -0.2) is 65.5 Å². The summed E-state index contributed by atoms with van der Waals surface area (Å²) in [4.78, 5) is 9.26. The molecule has 0 saturated carbocycles. The number of morpholine rings is 1. The Bertz CT molecular complexity index is 524. The van der Waals surface area contributed by atoms with Gasteiger partial charge in [-0.15, -0.1) is 0 Å². The minimum absolute atomic E-state index is 0.0663. The first-order chi connectivity index (χ1) is 10.9. The van der Waals surface area contributed by atoms with Crippen LogP contribution in [0.2, 0.25) is 0 Å². The minimum Gasteiger partial charge on any atom is -0.390 e. The zero-order chi connectivity index (χ0) is 16.6. The highest BCUT2D eigenvalue weighted by atomic mass is 16.5. The fourth-order valence-electron chi connectivity index (χ4n) is 3.37. The summed E-state index contributed by atoms with van der Waals surface area (Å²) >= 11 is 0. The predicted molar refractivity (Wildman–Crippen MR) is 91.9 cm³/mol. The van der Waals surface area contributed by atoms with Crippen molar-refractivity contribution in [2.24, 2.45) is 0 Å². The van der Waals surface area contributed by atoms with Crippen LogP contribution in [0.3, 0.4) is 0 Å². The van der Waals surface area contributed by atoms with E-state index in [1.807, 2.05) is 6.20 Å². The average molecular weight is 319 g/mol. The molecule has 0 bridgehead atoms. The number of aromatic nitrogens is 1. The van der Waals surface area contributed by atoms with E-state index in [0.29, 0.717) is 5.92 Å². The molecule has 1 aromatic rings. The van der Waals surface area contributed by atoms with Crippen LogP contribution in [0.4, 0.5) is 5.69 Å². The largest absolute Gasteiger partial charge is 0.390 e. The van der Waals surface area contributed by atoms with Crippen molar-refractivity contribution >= 4 is 5.69 Å². The second-order valence-electron chi connectivity index (χ2n) is 7.61. The highest BCUT2D eigenvalue weighted by Gasteiger charge is 2.44. The standard InChI is InChI=1S/C18H29N3O2/c1-13(2)16-6-5-14(9-19-16)20-7-8-23-17(12-20)18(3,4)21-10-15(22)11-21/h5-6,9,13,15,17,22H,7-8,10-12H2,1-4H3. The number of ether oxygens (including phenoxy) is 1. The quantitative estimate of drug-likeness (QED) is 0.918. The van der Waals surface area contributed by atoms with E-state index in [1.54, 1.807) is 0 Å². The van der Waals surface area contributed by atoms with E-state index in [-0.39, 0.29) is 17.7 Å². The molecule has 3 heterocycles. The third-order valence-electron chi connectivity index (χ3n) is 5.26. The molecule has 128 valence electrons. The van der Waals surface area contributed by atoms with Gasteiger partial charge in [-0.05, 0) is 31.9 Å². The topological polar surface area (TPSA) is 48.8 Å². The lowest BCUT2D eigenvalue weighted by Crippen LogP contribution is -2.67. The van der Waals surface area contributed by atoms with E-state index in [4.69, 9.17) is 4.74 Å². The van der Waals surface area contributed by atoms with Crippen molar-refractivity contribution in [1.29, 1.82) is 0 Å². The summed E-state index contributed by atoms with van der Waals surface area (Å²) in [6.45, 7) is 12.7. The molecule has 0 amide bonds. The second-order valence-corrected chi connectivity index (χ2v) is 7.61. The molecular formula is C18H29N3O2. The summed E-state index contributed by atoms with van der Waals surface area (Å²) in [5, 5.41) is 9.58. The number of rotatable bonds is 4. The van der Waals surface area contributed by atoms with Gasteiger partial charge in [-0.25, -0.2) is 0 Å². The van der Waals surface area contributed by atoms with Gasteiger partial charge in [-0.1, -0.05) is 13.8 Å². The Kier molecular flexibility index (Phi) is 4.63. The molecule has 0 radical (unpaired) electrons. The maximum atomic E-state index is 9.58. The van der Waals surface area contributed by atoms with Gasteiger partial charge < -0.3 is 14.7 Å². The number of nitrogens with zero attached hydrogens (tertiary/aromatic N) is 3. The van der Waals surface area contributed by atoms with E-state index >= 15 is 0 Å². The Hall–Kier alpha value is -1.17. The molecule has 1 aromatic heterocycles. The highest BCUT2D eigenvalue weighted by Crippen LogP contribution is 2.30. The molecule has 0 spiro atoms. The van der Waals surface area contributed by atoms with E-state index in [1.165, 1.54) is 5.69 Å². The van der Waals surface area contributed by atoms with Crippen molar-refractivity contribution in [3.8, 4) is 0 Å². The number of likely N-dealkylation sites (tertiary alicyclic amines) is 1. The molecule has 0 aliphatic carbocycles. The summed E-state index contributed by atoms with van der Waals surface area (Å²) in [5.74, 6) is 0.457. The molecule has 3 rings (SSSR count). The fraction of sp³-hybridized carbons (Fsp3) is 0.722. The van der Waals surface area contributed by atoms with Crippen LogP contribution < -0.4 is 4.90 Å². The van der Waals surface area contributed by atoms with Crippen LogP contribution in [-0.2, 0) is 4.74 Å². The van der Waals surface area contributed by atoms with Gasteiger partial charge in [-0.2, -0.15) is 0 Å². The zero-order valence-corrected chi connectivity index (χ0v) is 14.7. The molecule has 1 unspecified atom stereocenters. The van der Waals surface area contributed by atoms with Crippen molar-refractivity contribution in [3.63, 3.8) is 0 Å². The van der Waals surface area contributed by atoms with Crippen LogP contribution >= 0.6 is 0 Å². The van der Waals surface area contributed by atoms with Crippen molar-refractivity contribution in [2.75, 3.05) is 37.7 Å². The first kappa shape index (κ1) is 16.7. The van der Waals surface area contributed by atoms with Gasteiger partial charge in [0.25, 0.3) is 0 Å². The van der Waals surface area contributed by atoms with Gasteiger partial charge >= 0.3 is 0 Å². The van der Waals surface area contributed by atoms with Gasteiger partial charge in [0.2, 0.25) is 0 Å². The van der Waals surface area contributed by atoms with Crippen molar-refractivity contribution < 1.29 is 9.84 Å². The third kappa shape index (κ3) is 3.37. The summed E-state index contributed by atoms with van der Waals surface area (Å²) in [6, 6.07) is 4.30. The molecular weight excluding hydrogens is 290 g/mol. The number of hydrogen-bond donors (Lipinski definition) is 1. The molecule has 2 saturated heterocycles. The van der Waals surface area contributed by atoms with Crippen molar-refractivity contribution in [2.45, 2.75) is 51.4 Å². The molecule has 23 heavy (non-hydrogen) atoms. The van der Waals surface area contributed by atoms with Crippen LogP contribution in [0.25, 0.3) is 0 Å². The molecule has 2 aliphatic rings. The van der Waals surface area contributed by atoms with E-state index in [0.717, 1.165) is 38.5 Å². The van der Waals surface area contributed by atoms with Gasteiger partial charge in [0.05, 0.1) is 30.7 Å². The van der Waals surface area contributed by atoms with Gasteiger partial charge in [0, 0.05) is 37.4 Å². The number of aliphatic hydroxyl groups is 1. The van der Waals surface area contributed by atoms with Crippen LogP contribution in [0.1, 0.15) is 39.3 Å². The molecule has 5 nitrogen and oxygen atoms in total. The Morgan fingerprint density at radius 1 is 1.26 bits per heavy atom. The molecule has 5 heteroatoms. The first-order valence-electron chi connectivity index (χ1n) is 8.63. The Balaban J connectivity index is 1.68.